The highest BCUT2D eigenvalue weighted by atomic mass is 32.2. The highest BCUT2D eigenvalue weighted by molar-refractivity contribution is 7.79. The zero-order valence-corrected chi connectivity index (χ0v) is 8.02. The van der Waals surface area contributed by atoms with Crippen LogP contribution in [0.4, 0.5) is 11.4 Å². The van der Waals surface area contributed by atoms with Crippen LogP contribution in [-0.2, 0) is 20.7 Å². The lowest BCUT2D eigenvalue weighted by molar-refractivity contribution is 0.563. The van der Waals surface area contributed by atoms with E-state index in [4.69, 9.17) is 4.55 Å². The largest absolute Gasteiger partial charge is 0.302 e. The Morgan fingerprint density at radius 1 is 1.20 bits per heavy atom. The number of aliphatic imine (C=N–C) groups is 2. The molecule has 1 rings (SSSR count). The molecule has 1 unspecified atom stereocenters. The van der Waals surface area contributed by atoms with E-state index in [1.165, 1.54) is 30.4 Å². The highest BCUT2D eigenvalue weighted by Gasteiger charge is 2.08. The molecule has 1 atom stereocenters. The normalized spacial score (nSPS) is 11.0. The fourth-order valence-electron chi connectivity index (χ4n) is 0.912. The van der Waals surface area contributed by atoms with Gasteiger partial charge in [0, 0.05) is 0 Å². The quantitative estimate of drug-likeness (QED) is 0.474. The standard InChI is InChI=1S/C8H4N2O4S/c11-4-9-6-1-2-8(15(13)14)7(3-6)10-5-12/h1-3H,(H,13,14). The molecular weight excluding hydrogens is 220 g/mol. The number of rotatable bonds is 3. The molecule has 0 amide bonds. The number of benzene rings is 1. The van der Waals surface area contributed by atoms with Crippen LogP contribution in [0.15, 0.2) is 33.1 Å². The Balaban J connectivity index is 3.38. The van der Waals surface area contributed by atoms with Gasteiger partial charge in [-0.1, -0.05) is 0 Å². The van der Waals surface area contributed by atoms with Gasteiger partial charge >= 0.3 is 0 Å². The van der Waals surface area contributed by atoms with E-state index in [9.17, 15) is 13.8 Å². The van der Waals surface area contributed by atoms with Crippen LogP contribution in [-0.4, -0.2) is 20.9 Å². The monoisotopic (exact) mass is 224 g/mol. The molecule has 0 saturated carbocycles. The molecule has 6 nitrogen and oxygen atoms in total. The van der Waals surface area contributed by atoms with Gasteiger partial charge in [0.15, 0.2) is 11.1 Å². The van der Waals surface area contributed by atoms with E-state index in [-0.39, 0.29) is 16.3 Å². The molecule has 0 aromatic heterocycles. The van der Waals surface area contributed by atoms with Crippen molar-refractivity contribution in [2.24, 2.45) is 9.98 Å². The number of isocyanates is 2. The van der Waals surface area contributed by atoms with Gasteiger partial charge in [-0.3, -0.25) is 0 Å². The topological polar surface area (TPSA) is 96.2 Å². The maximum absolute atomic E-state index is 10.8. The molecule has 1 aromatic rings. The third kappa shape index (κ3) is 2.77. The van der Waals surface area contributed by atoms with Crippen molar-refractivity contribution in [3.05, 3.63) is 18.2 Å². The van der Waals surface area contributed by atoms with Gasteiger partial charge in [0.1, 0.15) is 0 Å². The summed E-state index contributed by atoms with van der Waals surface area (Å²) in [5.41, 5.74) is 0.135. The van der Waals surface area contributed by atoms with Crippen LogP contribution in [0.1, 0.15) is 0 Å². The molecule has 0 saturated heterocycles. The van der Waals surface area contributed by atoms with Crippen molar-refractivity contribution in [3.8, 4) is 0 Å². The highest BCUT2D eigenvalue weighted by Crippen LogP contribution is 2.26. The Bertz CT molecular complexity index is 501. The van der Waals surface area contributed by atoms with Gasteiger partial charge in [0.25, 0.3) is 0 Å². The Kier molecular flexibility index (Phi) is 3.79. The number of carbonyl (C=O) groups excluding carboxylic acids is 2. The van der Waals surface area contributed by atoms with Crippen molar-refractivity contribution < 1.29 is 18.4 Å². The first-order chi connectivity index (χ1) is 7.19. The lowest BCUT2D eigenvalue weighted by Gasteiger charge is -1.99. The van der Waals surface area contributed by atoms with Crippen LogP contribution < -0.4 is 0 Å². The lowest BCUT2D eigenvalue weighted by Crippen LogP contribution is -1.88. The first kappa shape index (κ1) is 11.2. The maximum Gasteiger partial charge on any atom is 0.240 e. The molecule has 7 heteroatoms. The number of nitrogens with zero attached hydrogens (tertiary/aromatic N) is 2. The summed E-state index contributed by atoms with van der Waals surface area (Å²) in [6, 6.07) is 3.78. The zero-order chi connectivity index (χ0) is 11.3. The molecule has 0 aliphatic heterocycles. The third-order valence-electron chi connectivity index (χ3n) is 1.47. The summed E-state index contributed by atoms with van der Waals surface area (Å²) in [5.74, 6) is 0. The average Bonchev–Trinajstić information content (AvgIpc) is 2.18. The molecule has 1 N–H and O–H groups in total. The summed E-state index contributed by atoms with van der Waals surface area (Å²) in [7, 11) is 0. The Morgan fingerprint density at radius 3 is 2.40 bits per heavy atom. The van der Waals surface area contributed by atoms with E-state index < -0.39 is 11.1 Å². The lowest BCUT2D eigenvalue weighted by atomic mass is 10.3. The molecule has 0 aliphatic carbocycles. The fourth-order valence-corrected chi connectivity index (χ4v) is 1.38. The van der Waals surface area contributed by atoms with Crippen LogP contribution in [0.3, 0.4) is 0 Å². The molecule has 0 bridgehead atoms. The van der Waals surface area contributed by atoms with Gasteiger partial charge in [-0.2, -0.15) is 9.98 Å². The van der Waals surface area contributed by atoms with E-state index in [0.29, 0.717) is 0 Å². The summed E-state index contributed by atoms with van der Waals surface area (Å²) in [6.07, 6.45) is 2.54. The van der Waals surface area contributed by atoms with Crippen LogP contribution >= 0.6 is 0 Å². The second-order valence-corrected chi connectivity index (χ2v) is 3.25. The van der Waals surface area contributed by atoms with E-state index in [1.807, 2.05) is 0 Å². The van der Waals surface area contributed by atoms with Crippen LogP contribution in [0.5, 0.6) is 0 Å². The van der Waals surface area contributed by atoms with Crippen molar-refractivity contribution in [1.82, 2.24) is 0 Å². The Morgan fingerprint density at radius 2 is 1.87 bits per heavy atom. The fraction of sp³-hybridized carbons (Fsp3) is 0. The number of hydrogen-bond donors (Lipinski definition) is 1. The van der Waals surface area contributed by atoms with Crippen molar-refractivity contribution in [2.75, 3.05) is 0 Å². The molecule has 0 radical (unpaired) electrons. The van der Waals surface area contributed by atoms with E-state index in [2.05, 4.69) is 9.98 Å². The predicted molar refractivity (Wildman–Crippen MR) is 51.0 cm³/mol. The predicted octanol–water partition coefficient (Wildman–Crippen LogP) is 1.20. The van der Waals surface area contributed by atoms with Crippen LogP contribution in [0.2, 0.25) is 0 Å². The third-order valence-corrected chi connectivity index (χ3v) is 2.19. The molecule has 0 spiro atoms. The minimum atomic E-state index is -2.27. The molecule has 76 valence electrons. The smallest absolute Gasteiger partial charge is 0.240 e. The molecule has 0 aliphatic rings. The molecular formula is C8H4N2O4S. The summed E-state index contributed by atoms with van der Waals surface area (Å²) in [5, 5.41) is 0. The van der Waals surface area contributed by atoms with E-state index in [1.54, 1.807) is 0 Å². The summed E-state index contributed by atoms with van der Waals surface area (Å²) < 4.78 is 19.6. The van der Waals surface area contributed by atoms with E-state index in [0.717, 1.165) is 0 Å². The summed E-state index contributed by atoms with van der Waals surface area (Å²) in [6.45, 7) is 0. The second kappa shape index (κ2) is 5.09. The van der Waals surface area contributed by atoms with Crippen molar-refractivity contribution >= 4 is 34.6 Å². The van der Waals surface area contributed by atoms with Gasteiger partial charge in [0.2, 0.25) is 12.2 Å². The van der Waals surface area contributed by atoms with Crippen LogP contribution in [0.25, 0.3) is 0 Å². The Labute approximate surface area is 86.7 Å². The molecule has 15 heavy (non-hydrogen) atoms. The van der Waals surface area contributed by atoms with Gasteiger partial charge in [-0.05, 0) is 18.2 Å². The van der Waals surface area contributed by atoms with Crippen molar-refractivity contribution in [1.29, 1.82) is 0 Å². The zero-order valence-electron chi connectivity index (χ0n) is 7.21. The van der Waals surface area contributed by atoms with Gasteiger partial charge in [-0.25, -0.2) is 13.8 Å². The number of hydrogen-bond acceptors (Lipinski definition) is 5. The minimum absolute atomic E-state index is 0.0526. The van der Waals surface area contributed by atoms with Crippen molar-refractivity contribution in [2.45, 2.75) is 4.90 Å². The average molecular weight is 224 g/mol. The van der Waals surface area contributed by atoms with Gasteiger partial charge < -0.3 is 4.55 Å². The minimum Gasteiger partial charge on any atom is -0.302 e. The second-order valence-electron chi connectivity index (χ2n) is 2.31. The maximum atomic E-state index is 10.8. The molecule has 1 aromatic carbocycles. The molecule has 0 heterocycles. The molecule has 0 fully saturated rings. The first-order valence-corrected chi connectivity index (χ1v) is 4.70. The van der Waals surface area contributed by atoms with E-state index >= 15 is 0 Å². The van der Waals surface area contributed by atoms with Crippen molar-refractivity contribution in [3.63, 3.8) is 0 Å². The summed E-state index contributed by atoms with van der Waals surface area (Å²) in [4.78, 5) is 26.4. The van der Waals surface area contributed by atoms with Crippen LogP contribution in [0, 0.1) is 0 Å². The Hall–Kier alpha value is -1.91. The van der Waals surface area contributed by atoms with Gasteiger partial charge in [-0.15, -0.1) is 0 Å². The summed E-state index contributed by atoms with van der Waals surface area (Å²) >= 11 is -2.27. The first-order valence-electron chi connectivity index (χ1n) is 3.59. The SMILES string of the molecule is O=C=Nc1ccc(S(=O)O)c(N=C=O)c1. The van der Waals surface area contributed by atoms with Gasteiger partial charge in [0.05, 0.1) is 16.3 Å².